The van der Waals surface area contributed by atoms with E-state index in [0.717, 1.165) is 12.8 Å². The average molecular weight is 421 g/mol. The lowest BCUT2D eigenvalue weighted by Gasteiger charge is -2.07. The molecule has 3 aromatic rings. The van der Waals surface area contributed by atoms with Crippen LogP contribution in [0.5, 0.6) is 11.5 Å². The number of nitrogens with zero attached hydrogens (tertiary/aromatic N) is 3. The van der Waals surface area contributed by atoms with Crippen LogP contribution in [0.2, 0.25) is 0 Å². The number of aromatic nitrogens is 2. The Morgan fingerprint density at radius 3 is 2.23 bits per heavy atom. The van der Waals surface area contributed by atoms with Crippen molar-refractivity contribution in [2.45, 2.75) is 32.6 Å². The Bertz CT molecular complexity index is 1000. The number of nitro groups is 1. The standard InChI is InChI=1S/C23H23N3O5/c1-2-3-4-5-14-30-20-12-8-18(9-13-20)23(27)31-21-15-24-22(25-16-21)17-6-10-19(11-7-17)26(28)29/h6-13,15-16H,2-5,14H2,1H3. The smallest absolute Gasteiger partial charge is 0.343 e. The van der Waals surface area contributed by atoms with Gasteiger partial charge in [-0.3, -0.25) is 10.1 Å². The van der Waals surface area contributed by atoms with Crippen LogP contribution in [0, 0.1) is 10.1 Å². The Balaban J connectivity index is 1.54. The maximum absolute atomic E-state index is 12.3. The summed E-state index contributed by atoms with van der Waals surface area (Å²) in [5.74, 6) is 0.757. The zero-order valence-corrected chi connectivity index (χ0v) is 17.2. The van der Waals surface area contributed by atoms with E-state index >= 15 is 0 Å². The fourth-order valence-electron chi connectivity index (χ4n) is 2.82. The lowest BCUT2D eigenvalue weighted by atomic mass is 10.2. The van der Waals surface area contributed by atoms with Gasteiger partial charge < -0.3 is 9.47 Å². The first kappa shape index (κ1) is 21.9. The molecule has 0 amide bonds. The van der Waals surface area contributed by atoms with Crippen LogP contribution >= 0.6 is 0 Å². The summed E-state index contributed by atoms with van der Waals surface area (Å²) >= 11 is 0. The first-order valence-corrected chi connectivity index (χ1v) is 10.1. The van der Waals surface area contributed by atoms with Gasteiger partial charge in [-0.1, -0.05) is 26.2 Å². The highest BCUT2D eigenvalue weighted by atomic mass is 16.6. The SMILES string of the molecule is CCCCCCOc1ccc(C(=O)Oc2cnc(-c3ccc([N+](=O)[O-])cc3)nc2)cc1. The second kappa shape index (κ2) is 10.8. The number of non-ortho nitro benzene ring substituents is 1. The Kier molecular flexibility index (Phi) is 7.64. The zero-order chi connectivity index (χ0) is 22.1. The minimum atomic E-state index is -0.527. The number of unbranched alkanes of at least 4 members (excludes halogenated alkanes) is 3. The van der Waals surface area contributed by atoms with Crippen LogP contribution in [0.15, 0.2) is 60.9 Å². The van der Waals surface area contributed by atoms with E-state index in [0.29, 0.717) is 29.3 Å². The number of ether oxygens (including phenoxy) is 2. The molecule has 0 fully saturated rings. The molecule has 0 N–H and O–H groups in total. The lowest BCUT2D eigenvalue weighted by Crippen LogP contribution is -2.09. The molecule has 3 rings (SSSR count). The summed E-state index contributed by atoms with van der Waals surface area (Å²) in [6, 6.07) is 12.7. The van der Waals surface area contributed by atoms with Crippen molar-refractivity contribution in [3.8, 4) is 22.9 Å². The fourth-order valence-corrected chi connectivity index (χ4v) is 2.82. The third kappa shape index (κ3) is 6.33. The van der Waals surface area contributed by atoms with Crippen LogP contribution < -0.4 is 9.47 Å². The second-order valence-electron chi connectivity index (χ2n) is 6.87. The van der Waals surface area contributed by atoms with E-state index in [1.54, 1.807) is 36.4 Å². The molecular formula is C23H23N3O5. The zero-order valence-electron chi connectivity index (χ0n) is 17.2. The van der Waals surface area contributed by atoms with Crippen molar-refractivity contribution in [3.05, 3.63) is 76.6 Å². The number of nitro benzene ring substituents is 1. The third-order valence-electron chi connectivity index (χ3n) is 4.53. The lowest BCUT2D eigenvalue weighted by molar-refractivity contribution is -0.384. The monoisotopic (exact) mass is 421 g/mol. The van der Waals surface area contributed by atoms with E-state index in [1.807, 2.05) is 0 Å². The molecule has 8 nitrogen and oxygen atoms in total. The Morgan fingerprint density at radius 1 is 0.935 bits per heavy atom. The van der Waals surface area contributed by atoms with E-state index in [4.69, 9.17) is 9.47 Å². The van der Waals surface area contributed by atoms with E-state index in [9.17, 15) is 14.9 Å². The summed E-state index contributed by atoms with van der Waals surface area (Å²) in [5, 5.41) is 10.7. The van der Waals surface area contributed by atoms with Crippen molar-refractivity contribution in [2.75, 3.05) is 6.61 Å². The predicted molar refractivity (Wildman–Crippen MR) is 115 cm³/mol. The molecule has 0 spiro atoms. The van der Waals surface area contributed by atoms with Gasteiger partial charge >= 0.3 is 5.97 Å². The molecule has 0 saturated heterocycles. The van der Waals surface area contributed by atoms with E-state index in [2.05, 4.69) is 16.9 Å². The summed E-state index contributed by atoms with van der Waals surface area (Å²) < 4.78 is 11.0. The fraction of sp³-hybridized carbons (Fsp3) is 0.261. The summed E-state index contributed by atoms with van der Waals surface area (Å²) in [4.78, 5) is 30.9. The van der Waals surface area contributed by atoms with Gasteiger partial charge in [0.1, 0.15) is 5.75 Å². The molecule has 0 saturated carbocycles. The highest BCUT2D eigenvalue weighted by molar-refractivity contribution is 5.91. The van der Waals surface area contributed by atoms with E-state index < -0.39 is 10.9 Å². The Labute approximate surface area is 180 Å². The van der Waals surface area contributed by atoms with Gasteiger partial charge in [-0.25, -0.2) is 14.8 Å². The molecule has 0 aliphatic carbocycles. The average Bonchev–Trinajstić information content (AvgIpc) is 2.80. The van der Waals surface area contributed by atoms with Crippen LogP contribution in [0.4, 0.5) is 5.69 Å². The van der Waals surface area contributed by atoms with Gasteiger partial charge in [0.15, 0.2) is 11.6 Å². The van der Waals surface area contributed by atoms with E-state index in [-0.39, 0.29) is 11.4 Å². The summed E-state index contributed by atoms with van der Waals surface area (Å²) in [7, 11) is 0. The molecule has 2 aromatic carbocycles. The minimum absolute atomic E-state index is 0.0118. The van der Waals surface area contributed by atoms with Crippen LogP contribution in [0.1, 0.15) is 43.0 Å². The van der Waals surface area contributed by atoms with Gasteiger partial charge in [0.2, 0.25) is 0 Å². The van der Waals surface area contributed by atoms with Crippen molar-refractivity contribution < 1.29 is 19.2 Å². The first-order valence-electron chi connectivity index (χ1n) is 10.1. The number of carbonyl (C=O) groups is 1. The molecule has 1 aromatic heterocycles. The maximum Gasteiger partial charge on any atom is 0.343 e. The van der Waals surface area contributed by atoms with Gasteiger partial charge in [0.25, 0.3) is 5.69 Å². The minimum Gasteiger partial charge on any atom is -0.494 e. The molecule has 0 bridgehead atoms. The van der Waals surface area contributed by atoms with Gasteiger partial charge in [0.05, 0.1) is 29.5 Å². The Morgan fingerprint density at radius 2 is 1.61 bits per heavy atom. The van der Waals surface area contributed by atoms with Crippen molar-refractivity contribution in [1.82, 2.24) is 9.97 Å². The summed E-state index contributed by atoms with van der Waals surface area (Å²) in [6.45, 7) is 2.82. The van der Waals surface area contributed by atoms with Crippen molar-refractivity contribution in [3.63, 3.8) is 0 Å². The van der Waals surface area contributed by atoms with E-state index in [1.165, 1.54) is 37.4 Å². The topological polar surface area (TPSA) is 104 Å². The number of hydrogen-bond donors (Lipinski definition) is 0. The van der Waals surface area contributed by atoms with Crippen LogP contribution in [-0.2, 0) is 0 Å². The molecular weight excluding hydrogens is 398 g/mol. The number of rotatable bonds is 10. The highest BCUT2D eigenvalue weighted by Crippen LogP contribution is 2.21. The largest absolute Gasteiger partial charge is 0.494 e. The number of hydrogen-bond acceptors (Lipinski definition) is 7. The van der Waals surface area contributed by atoms with Crippen molar-refractivity contribution >= 4 is 11.7 Å². The highest BCUT2D eigenvalue weighted by Gasteiger charge is 2.11. The van der Waals surface area contributed by atoms with Crippen LogP contribution in [0.3, 0.4) is 0 Å². The summed E-state index contributed by atoms with van der Waals surface area (Å²) in [5.41, 5.74) is 0.994. The van der Waals surface area contributed by atoms with Gasteiger partial charge in [-0.05, 0) is 42.8 Å². The normalized spacial score (nSPS) is 10.5. The van der Waals surface area contributed by atoms with Gasteiger partial charge in [0, 0.05) is 17.7 Å². The van der Waals surface area contributed by atoms with Crippen LogP contribution in [-0.4, -0.2) is 27.5 Å². The molecule has 0 aliphatic heterocycles. The number of esters is 1. The predicted octanol–water partition coefficient (Wildman–Crippen LogP) is 5.23. The second-order valence-corrected chi connectivity index (χ2v) is 6.87. The van der Waals surface area contributed by atoms with Gasteiger partial charge in [-0.15, -0.1) is 0 Å². The van der Waals surface area contributed by atoms with Crippen LogP contribution in [0.25, 0.3) is 11.4 Å². The van der Waals surface area contributed by atoms with Crippen molar-refractivity contribution in [1.29, 1.82) is 0 Å². The first-order chi connectivity index (χ1) is 15.1. The molecule has 31 heavy (non-hydrogen) atoms. The number of benzene rings is 2. The number of carbonyl (C=O) groups excluding carboxylic acids is 1. The maximum atomic E-state index is 12.3. The Hall–Kier alpha value is -3.81. The third-order valence-corrected chi connectivity index (χ3v) is 4.53. The molecule has 0 atom stereocenters. The summed E-state index contributed by atoms with van der Waals surface area (Å²) in [6.07, 6.45) is 7.30. The molecule has 160 valence electrons. The van der Waals surface area contributed by atoms with Gasteiger partial charge in [-0.2, -0.15) is 0 Å². The molecule has 0 aliphatic rings. The molecule has 0 unspecified atom stereocenters. The van der Waals surface area contributed by atoms with Crippen molar-refractivity contribution in [2.24, 2.45) is 0 Å². The quantitative estimate of drug-likeness (QED) is 0.191. The molecule has 0 radical (unpaired) electrons. The molecule has 1 heterocycles. The molecule has 8 heteroatoms.